The van der Waals surface area contributed by atoms with Crippen LogP contribution in [0.1, 0.15) is 32.3 Å². The van der Waals surface area contributed by atoms with Gasteiger partial charge in [-0.15, -0.1) is 5.10 Å². The number of rotatable bonds is 6. The number of carbonyl (C=O) groups is 1. The first kappa shape index (κ1) is 19.9. The lowest BCUT2D eigenvalue weighted by Crippen LogP contribution is -2.23. The molecule has 0 unspecified atom stereocenters. The molecule has 0 spiro atoms. The normalized spacial score (nSPS) is 12.2. The van der Waals surface area contributed by atoms with Gasteiger partial charge in [0.1, 0.15) is 0 Å². The van der Waals surface area contributed by atoms with Crippen molar-refractivity contribution in [3.05, 3.63) is 59.7 Å². The van der Waals surface area contributed by atoms with Crippen LogP contribution >= 0.6 is 11.8 Å². The van der Waals surface area contributed by atoms with Gasteiger partial charge in [-0.3, -0.25) is 4.79 Å². The number of nitrogens with zero attached hydrogens (tertiary/aromatic N) is 4. The molecule has 6 nitrogen and oxygen atoms in total. The van der Waals surface area contributed by atoms with Crippen LogP contribution in [0.5, 0.6) is 0 Å². The average molecular weight is 403 g/mol. The molecule has 28 heavy (non-hydrogen) atoms. The van der Waals surface area contributed by atoms with Gasteiger partial charge in [0.15, 0.2) is 11.6 Å². The molecule has 1 heterocycles. The number of amides is 1. The van der Waals surface area contributed by atoms with Gasteiger partial charge in [-0.2, -0.15) is 4.68 Å². The third kappa shape index (κ3) is 4.53. The summed E-state index contributed by atoms with van der Waals surface area (Å²) in [5.74, 6) is -1.95. The molecule has 0 saturated carbocycles. The number of hydrogen-bond acceptors (Lipinski definition) is 5. The molecule has 1 atom stereocenters. The van der Waals surface area contributed by atoms with Crippen molar-refractivity contribution < 1.29 is 13.6 Å². The number of benzene rings is 2. The molecule has 1 N–H and O–H groups in total. The van der Waals surface area contributed by atoms with E-state index in [1.165, 1.54) is 11.6 Å². The Kier molecular flexibility index (Phi) is 6.03. The fourth-order valence-electron chi connectivity index (χ4n) is 2.44. The fourth-order valence-corrected chi connectivity index (χ4v) is 3.25. The van der Waals surface area contributed by atoms with Crippen LogP contribution in [-0.2, 0) is 4.79 Å². The number of nitrogens with one attached hydrogen (secondary N) is 1. The maximum absolute atomic E-state index is 13.3. The summed E-state index contributed by atoms with van der Waals surface area (Å²) in [6, 6.07) is 11.1. The van der Waals surface area contributed by atoms with Crippen molar-refractivity contribution in [2.45, 2.75) is 37.1 Å². The van der Waals surface area contributed by atoms with E-state index in [1.807, 2.05) is 24.3 Å². The molecule has 0 bridgehead atoms. The Morgan fingerprint density at radius 1 is 1.07 bits per heavy atom. The van der Waals surface area contributed by atoms with Crippen LogP contribution in [0.25, 0.3) is 5.69 Å². The molecule has 0 aliphatic carbocycles. The second-order valence-corrected chi connectivity index (χ2v) is 7.81. The highest BCUT2D eigenvalue weighted by Gasteiger charge is 2.20. The van der Waals surface area contributed by atoms with E-state index in [1.54, 1.807) is 11.6 Å². The number of anilines is 1. The number of halogens is 2. The van der Waals surface area contributed by atoms with Crippen LogP contribution in [0.4, 0.5) is 14.5 Å². The summed E-state index contributed by atoms with van der Waals surface area (Å²) in [6.07, 6.45) is 0. The van der Waals surface area contributed by atoms with Crippen molar-refractivity contribution in [3.63, 3.8) is 0 Å². The summed E-state index contributed by atoms with van der Waals surface area (Å²) < 4.78 is 27.8. The predicted molar refractivity (Wildman–Crippen MR) is 104 cm³/mol. The van der Waals surface area contributed by atoms with Crippen molar-refractivity contribution in [1.29, 1.82) is 0 Å². The molecule has 9 heteroatoms. The number of hydrogen-bond donors (Lipinski definition) is 1. The first-order valence-electron chi connectivity index (χ1n) is 8.66. The van der Waals surface area contributed by atoms with Gasteiger partial charge in [-0.05, 0) is 53.1 Å². The molecule has 3 aromatic rings. The lowest BCUT2D eigenvalue weighted by Gasteiger charge is -2.12. The minimum Gasteiger partial charge on any atom is -0.325 e. The zero-order valence-electron chi connectivity index (χ0n) is 15.6. The Bertz CT molecular complexity index is 975. The highest BCUT2D eigenvalue weighted by atomic mass is 32.2. The topological polar surface area (TPSA) is 72.7 Å². The number of aromatic nitrogens is 4. The zero-order valence-corrected chi connectivity index (χ0v) is 16.4. The van der Waals surface area contributed by atoms with Crippen LogP contribution in [0.3, 0.4) is 0 Å². The summed E-state index contributed by atoms with van der Waals surface area (Å²) in [4.78, 5) is 12.4. The monoisotopic (exact) mass is 403 g/mol. The van der Waals surface area contributed by atoms with Crippen molar-refractivity contribution in [2.24, 2.45) is 0 Å². The van der Waals surface area contributed by atoms with Crippen molar-refractivity contribution >= 4 is 23.4 Å². The molecule has 0 aliphatic heterocycles. The Balaban J connectivity index is 1.70. The highest BCUT2D eigenvalue weighted by molar-refractivity contribution is 8.00. The van der Waals surface area contributed by atoms with Gasteiger partial charge in [-0.1, -0.05) is 37.7 Å². The maximum Gasteiger partial charge on any atom is 0.237 e. The Morgan fingerprint density at radius 2 is 1.79 bits per heavy atom. The lowest BCUT2D eigenvalue weighted by molar-refractivity contribution is -0.115. The van der Waals surface area contributed by atoms with E-state index < -0.39 is 16.9 Å². The first-order valence-corrected chi connectivity index (χ1v) is 9.54. The Hall–Kier alpha value is -2.81. The van der Waals surface area contributed by atoms with E-state index in [0.717, 1.165) is 29.6 Å². The molecule has 0 aliphatic rings. The van der Waals surface area contributed by atoms with E-state index in [4.69, 9.17) is 0 Å². The molecule has 2 aromatic carbocycles. The Labute approximate surface area is 165 Å². The van der Waals surface area contributed by atoms with E-state index in [2.05, 4.69) is 34.7 Å². The molecule has 146 valence electrons. The predicted octanol–water partition coefficient (Wildman–Crippen LogP) is 4.18. The third-order valence-electron chi connectivity index (χ3n) is 4.08. The first-order chi connectivity index (χ1) is 13.3. The summed E-state index contributed by atoms with van der Waals surface area (Å²) in [5.41, 5.74) is 2.16. The van der Waals surface area contributed by atoms with Crippen LogP contribution in [0.15, 0.2) is 47.6 Å². The molecule has 0 fully saturated rings. The van der Waals surface area contributed by atoms with E-state index in [9.17, 15) is 13.6 Å². The third-order valence-corrected chi connectivity index (χ3v) is 5.12. The minimum absolute atomic E-state index is 0.181. The second-order valence-electron chi connectivity index (χ2n) is 6.50. The van der Waals surface area contributed by atoms with Gasteiger partial charge >= 0.3 is 0 Å². The van der Waals surface area contributed by atoms with E-state index >= 15 is 0 Å². The maximum atomic E-state index is 13.3. The minimum atomic E-state index is -1.02. The van der Waals surface area contributed by atoms with Gasteiger partial charge in [0, 0.05) is 11.8 Å². The standard InChI is InChI=1S/C19H19F2N5OS/c1-11(2)13-4-7-15(8-5-13)26-19(23-24-25-26)28-12(3)18(27)22-14-6-9-16(20)17(21)10-14/h4-12H,1-3H3,(H,22,27)/t12-/m0/s1. The van der Waals surface area contributed by atoms with Gasteiger partial charge < -0.3 is 5.32 Å². The zero-order chi connectivity index (χ0) is 20.3. The van der Waals surface area contributed by atoms with Crippen LogP contribution in [-0.4, -0.2) is 31.4 Å². The van der Waals surface area contributed by atoms with Gasteiger partial charge in [0.2, 0.25) is 11.1 Å². The summed E-state index contributed by atoms with van der Waals surface area (Å²) >= 11 is 1.16. The van der Waals surface area contributed by atoms with E-state index in [-0.39, 0.29) is 11.6 Å². The molecule has 0 radical (unpaired) electrons. The van der Waals surface area contributed by atoms with Crippen molar-refractivity contribution in [2.75, 3.05) is 5.32 Å². The SMILES string of the molecule is CC(C)c1ccc(-n2nnnc2S[C@@H](C)C(=O)Nc2ccc(F)c(F)c2)cc1. The summed E-state index contributed by atoms with van der Waals surface area (Å²) in [7, 11) is 0. The van der Waals surface area contributed by atoms with Crippen molar-refractivity contribution in [3.8, 4) is 5.69 Å². The average Bonchev–Trinajstić information content (AvgIpc) is 3.12. The number of carbonyl (C=O) groups excluding carboxylic acids is 1. The van der Waals surface area contributed by atoms with Gasteiger partial charge in [0.05, 0.1) is 10.9 Å². The van der Waals surface area contributed by atoms with Crippen LogP contribution in [0.2, 0.25) is 0 Å². The molecule has 1 aromatic heterocycles. The van der Waals surface area contributed by atoms with Gasteiger partial charge in [0.25, 0.3) is 0 Å². The number of thioether (sulfide) groups is 1. The molecule has 0 saturated heterocycles. The molecule has 1 amide bonds. The largest absolute Gasteiger partial charge is 0.325 e. The smallest absolute Gasteiger partial charge is 0.237 e. The quantitative estimate of drug-likeness (QED) is 0.625. The van der Waals surface area contributed by atoms with Gasteiger partial charge in [-0.25, -0.2) is 8.78 Å². The highest BCUT2D eigenvalue weighted by Crippen LogP contribution is 2.25. The lowest BCUT2D eigenvalue weighted by atomic mass is 10.0. The number of tetrazole rings is 1. The fraction of sp³-hybridized carbons (Fsp3) is 0.263. The second kappa shape index (κ2) is 8.47. The summed E-state index contributed by atoms with van der Waals surface area (Å²) in [6.45, 7) is 5.90. The van der Waals surface area contributed by atoms with Crippen LogP contribution in [0, 0.1) is 11.6 Å². The van der Waals surface area contributed by atoms with E-state index in [0.29, 0.717) is 11.1 Å². The molecule has 3 rings (SSSR count). The van der Waals surface area contributed by atoms with Crippen molar-refractivity contribution in [1.82, 2.24) is 20.2 Å². The molecular formula is C19H19F2N5OS. The molecular weight excluding hydrogens is 384 g/mol. The van der Waals surface area contributed by atoms with Crippen LogP contribution < -0.4 is 5.32 Å². The Morgan fingerprint density at radius 3 is 2.43 bits per heavy atom. The summed E-state index contributed by atoms with van der Waals surface area (Å²) in [5, 5.41) is 14.1.